The number of hydrogen-bond donors (Lipinski definition) is 2. The van der Waals surface area contributed by atoms with E-state index in [1.807, 2.05) is 31.2 Å². The zero-order valence-electron chi connectivity index (χ0n) is 19.0. The highest BCUT2D eigenvalue weighted by atomic mass is 28.4. The minimum Gasteiger partial charge on any atom is -0.457 e. The number of carbonyl (C=O) groups excluding carboxylic acids is 3. The SMILES string of the molecule is C=CCOC(=O)C1=C(c2cccc(CNC(N)=O)c2)C[C@@H]2[C@@H]([C@@H](C)O[Si](C)(C)C)C(=O)N12. The van der Waals surface area contributed by atoms with E-state index in [1.54, 1.807) is 4.90 Å². The van der Waals surface area contributed by atoms with Crippen molar-refractivity contribution in [1.82, 2.24) is 10.2 Å². The van der Waals surface area contributed by atoms with Crippen LogP contribution in [-0.4, -0.2) is 49.9 Å². The van der Waals surface area contributed by atoms with Crippen LogP contribution >= 0.6 is 0 Å². The zero-order valence-corrected chi connectivity index (χ0v) is 20.0. The molecule has 2 aliphatic rings. The Morgan fingerprint density at radius 1 is 1.38 bits per heavy atom. The third kappa shape index (κ3) is 4.94. The topological polar surface area (TPSA) is 111 Å². The average molecular weight is 458 g/mol. The van der Waals surface area contributed by atoms with Gasteiger partial charge < -0.3 is 25.1 Å². The maximum atomic E-state index is 13.1. The van der Waals surface area contributed by atoms with Gasteiger partial charge in [-0.3, -0.25) is 4.79 Å². The Hall–Kier alpha value is -2.91. The minimum atomic E-state index is -1.83. The summed E-state index contributed by atoms with van der Waals surface area (Å²) in [6, 6.07) is 6.72. The highest BCUT2D eigenvalue weighted by Crippen LogP contribution is 2.48. The van der Waals surface area contributed by atoms with Gasteiger partial charge in [0.15, 0.2) is 8.32 Å². The highest BCUT2D eigenvalue weighted by molar-refractivity contribution is 6.69. The van der Waals surface area contributed by atoms with E-state index < -0.39 is 20.3 Å². The fraction of sp³-hybridized carbons (Fsp3) is 0.435. The van der Waals surface area contributed by atoms with Gasteiger partial charge in [-0.05, 0) is 55.8 Å². The molecule has 0 bridgehead atoms. The summed E-state index contributed by atoms with van der Waals surface area (Å²) >= 11 is 0. The third-order valence-electron chi connectivity index (χ3n) is 5.52. The molecule has 0 unspecified atom stereocenters. The molecule has 0 radical (unpaired) electrons. The monoisotopic (exact) mass is 457 g/mol. The standard InChI is InChI=1S/C23H31N3O5Si/c1-6-10-30-22(28)20-17(16-9-7-8-15(11-16)13-25-23(24)29)12-18-19(21(27)26(18)20)14(2)31-32(3,4)5/h6-9,11,14,18-19H,1,10,12-13H2,2-5H3,(H3,24,25,29)/t14-,18-,19-/m1/s1. The molecule has 0 aliphatic carbocycles. The van der Waals surface area contributed by atoms with Crippen LogP contribution in [0.3, 0.4) is 0 Å². The molecule has 2 aliphatic heterocycles. The van der Waals surface area contributed by atoms with Gasteiger partial charge in [-0.1, -0.05) is 30.9 Å². The second kappa shape index (κ2) is 9.29. The predicted molar refractivity (Wildman–Crippen MR) is 124 cm³/mol. The fourth-order valence-electron chi connectivity index (χ4n) is 4.39. The van der Waals surface area contributed by atoms with Gasteiger partial charge in [-0.25, -0.2) is 9.59 Å². The molecule has 3 atom stereocenters. The summed E-state index contributed by atoms with van der Waals surface area (Å²) in [5.74, 6) is -0.970. The van der Waals surface area contributed by atoms with Crippen LogP contribution in [0.25, 0.3) is 5.57 Å². The first-order chi connectivity index (χ1) is 15.0. The van der Waals surface area contributed by atoms with Crippen LogP contribution in [-0.2, 0) is 25.3 Å². The molecule has 1 saturated heterocycles. The van der Waals surface area contributed by atoms with E-state index in [0.717, 1.165) is 16.7 Å². The first-order valence-corrected chi connectivity index (χ1v) is 14.1. The summed E-state index contributed by atoms with van der Waals surface area (Å²) in [5, 5.41) is 2.57. The molecular formula is C23H31N3O5Si. The molecule has 9 heteroatoms. The van der Waals surface area contributed by atoms with Crippen LogP contribution in [0.4, 0.5) is 4.79 Å². The van der Waals surface area contributed by atoms with Gasteiger partial charge in [0.1, 0.15) is 12.3 Å². The van der Waals surface area contributed by atoms with Gasteiger partial charge in [0, 0.05) is 6.54 Å². The molecule has 8 nitrogen and oxygen atoms in total. The van der Waals surface area contributed by atoms with Gasteiger partial charge in [0.2, 0.25) is 5.91 Å². The van der Waals surface area contributed by atoms with Gasteiger partial charge in [0.05, 0.1) is 18.1 Å². The number of primary amides is 1. The van der Waals surface area contributed by atoms with Crippen LogP contribution in [0.5, 0.6) is 0 Å². The summed E-state index contributed by atoms with van der Waals surface area (Å²) in [6.45, 7) is 12.1. The average Bonchev–Trinajstić information content (AvgIpc) is 3.04. The van der Waals surface area contributed by atoms with E-state index in [-0.39, 0.29) is 42.8 Å². The Bertz CT molecular complexity index is 969. The number of β-lactam (4-membered cyclic amide) rings is 1. The highest BCUT2D eigenvalue weighted by Gasteiger charge is 2.57. The molecule has 3 amide bonds. The number of esters is 1. The number of nitrogens with two attached hydrogens (primary N) is 1. The Kier molecular flexibility index (Phi) is 6.90. The van der Waals surface area contributed by atoms with Crippen molar-refractivity contribution in [3.63, 3.8) is 0 Å². The number of rotatable bonds is 9. The van der Waals surface area contributed by atoms with Crippen molar-refractivity contribution in [2.75, 3.05) is 6.61 Å². The van der Waals surface area contributed by atoms with Crippen LogP contribution < -0.4 is 11.1 Å². The summed E-state index contributed by atoms with van der Waals surface area (Å²) in [7, 11) is -1.83. The predicted octanol–water partition coefficient (Wildman–Crippen LogP) is 2.77. The lowest BCUT2D eigenvalue weighted by Crippen LogP contribution is -2.63. The molecule has 1 fully saturated rings. The molecule has 2 heterocycles. The molecule has 0 saturated carbocycles. The van der Waals surface area contributed by atoms with Crippen molar-refractivity contribution in [3.8, 4) is 0 Å². The Balaban J connectivity index is 1.93. The van der Waals surface area contributed by atoms with E-state index in [2.05, 4.69) is 31.5 Å². The second-order valence-electron chi connectivity index (χ2n) is 9.07. The van der Waals surface area contributed by atoms with Crippen LogP contribution in [0.1, 0.15) is 24.5 Å². The number of hydrogen-bond acceptors (Lipinski definition) is 5. The lowest BCUT2D eigenvalue weighted by atomic mass is 9.82. The molecule has 32 heavy (non-hydrogen) atoms. The summed E-state index contributed by atoms with van der Waals surface area (Å²) in [6.07, 6.45) is 1.79. The molecule has 1 aromatic carbocycles. The number of carbonyl (C=O) groups is 3. The lowest BCUT2D eigenvalue weighted by Gasteiger charge is -2.47. The van der Waals surface area contributed by atoms with E-state index in [9.17, 15) is 14.4 Å². The van der Waals surface area contributed by atoms with Gasteiger partial charge in [0.25, 0.3) is 0 Å². The summed E-state index contributed by atoms with van der Waals surface area (Å²) in [5.41, 5.74) is 7.84. The molecule has 3 rings (SSSR count). The van der Waals surface area contributed by atoms with Crippen LogP contribution in [0, 0.1) is 5.92 Å². The van der Waals surface area contributed by atoms with Gasteiger partial charge in [-0.15, -0.1) is 0 Å². The van der Waals surface area contributed by atoms with E-state index in [0.29, 0.717) is 6.42 Å². The third-order valence-corrected chi connectivity index (χ3v) is 6.60. The zero-order chi connectivity index (χ0) is 23.6. The summed E-state index contributed by atoms with van der Waals surface area (Å²) in [4.78, 5) is 38.7. The van der Waals surface area contributed by atoms with Crippen molar-refractivity contribution in [2.45, 2.75) is 51.7 Å². The Morgan fingerprint density at radius 3 is 2.72 bits per heavy atom. The van der Waals surface area contributed by atoms with Crippen molar-refractivity contribution in [3.05, 3.63) is 53.7 Å². The number of nitrogens with zero attached hydrogens (tertiary/aromatic N) is 1. The largest absolute Gasteiger partial charge is 0.457 e. The van der Waals surface area contributed by atoms with Gasteiger partial charge >= 0.3 is 12.0 Å². The Morgan fingerprint density at radius 2 is 2.09 bits per heavy atom. The number of amides is 3. The van der Waals surface area contributed by atoms with Crippen molar-refractivity contribution in [2.24, 2.45) is 11.7 Å². The summed E-state index contributed by atoms with van der Waals surface area (Å²) < 4.78 is 11.5. The number of urea groups is 1. The minimum absolute atomic E-state index is 0.0590. The molecule has 172 valence electrons. The van der Waals surface area contributed by atoms with Crippen LogP contribution in [0.15, 0.2) is 42.6 Å². The first-order valence-electron chi connectivity index (χ1n) is 10.7. The first kappa shape index (κ1) is 23.7. The number of ether oxygens (including phenoxy) is 1. The van der Waals surface area contributed by atoms with Gasteiger partial charge in [-0.2, -0.15) is 0 Å². The van der Waals surface area contributed by atoms with Crippen molar-refractivity contribution < 1.29 is 23.5 Å². The smallest absolute Gasteiger partial charge is 0.355 e. The normalized spacial score (nSPS) is 21.0. The second-order valence-corrected chi connectivity index (χ2v) is 13.5. The lowest BCUT2D eigenvalue weighted by molar-refractivity contribution is -0.161. The van der Waals surface area contributed by atoms with Crippen LogP contribution in [0.2, 0.25) is 19.6 Å². The Labute approximate surface area is 189 Å². The molecule has 3 N–H and O–H groups in total. The van der Waals surface area contributed by atoms with E-state index >= 15 is 0 Å². The van der Waals surface area contributed by atoms with E-state index in [4.69, 9.17) is 14.9 Å². The molecule has 1 aromatic rings. The fourth-order valence-corrected chi connectivity index (χ4v) is 5.66. The number of nitrogens with one attached hydrogen (secondary N) is 1. The molecule has 0 spiro atoms. The quantitative estimate of drug-likeness (QED) is 0.256. The maximum Gasteiger partial charge on any atom is 0.355 e. The number of fused-ring (bicyclic) bond motifs is 1. The van der Waals surface area contributed by atoms with Crippen molar-refractivity contribution >= 4 is 31.8 Å². The number of benzene rings is 1. The molecular weight excluding hydrogens is 426 g/mol. The van der Waals surface area contributed by atoms with E-state index in [1.165, 1.54) is 6.08 Å². The molecule has 0 aromatic heterocycles. The maximum absolute atomic E-state index is 13.1. The van der Waals surface area contributed by atoms with Crippen molar-refractivity contribution in [1.29, 1.82) is 0 Å².